The van der Waals surface area contributed by atoms with E-state index in [-0.39, 0.29) is 5.56 Å². The van der Waals surface area contributed by atoms with Gasteiger partial charge in [-0.3, -0.25) is 4.79 Å². The van der Waals surface area contributed by atoms with Crippen molar-refractivity contribution in [2.75, 3.05) is 0 Å². The number of fused-ring (bicyclic) bond motifs is 1. The van der Waals surface area contributed by atoms with Crippen LogP contribution < -0.4 is 5.56 Å². The highest BCUT2D eigenvalue weighted by Gasteiger charge is 2.11. The van der Waals surface area contributed by atoms with Gasteiger partial charge in [-0.1, -0.05) is 48.2 Å². The van der Waals surface area contributed by atoms with Crippen LogP contribution in [0.1, 0.15) is 11.3 Å². The number of rotatable bonds is 4. The minimum absolute atomic E-state index is 0.102. The van der Waals surface area contributed by atoms with E-state index in [1.165, 1.54) is 11.8 Å². The lowest BCUT2D eigenvalue weighted by molar-refractivity contribution is 0.921. The second-order valence-corrected chi connectivity index (χ2v) is 6.64. The van der Waals surface area contributed by atoms with E-state index in [1.807, 2.05) is 65.3 Å². The molecule has 6 heteroatoms. The van der Waals surface area contributed by atoms with Gasteiger partial charge in [-0.15, -0.1) is 0 Å². The van der Waals surface area contributed by atoms with Crippen molar-refractivity contribution in [3.8, 4) is 11.3 Å². The SMILES string of the molecule is Cc1c(-c2ccccc2)nc(SCc2cnc3ccccn23)[nH]c1=O. The predicted octanol–water partition coefficient (Wildman–Crippen LogP) is 3.69. The van der Waals surface area contributed by atoms with Crippen LogP contribution in [-0.4, -0.2) is 19.4 Å². The zero-order chi connectivity index (χ0) is 17.2. The van der Waals surface area contributed by atoms with E-state index in [9.17, 15) is 4.79 Å². The number of hydrogen-bond donors (Lipinski definition) is 1. The third kappa shape index (κ3) is 3.08. The molecule has 0 saturated heterocycles. The molecule has 0 fully saturated rings. The molecule has 124 valence electrons. The largest absolute Gasteiger partial charge is 0.303 e. The normalized spacial score (nSPS) is 11.1. The van der Waals surface area contributed by atoms with Gasteiger partial charge in [0.2, 0.25) is 0 Å². The lowest BCUT2D eigenvalue weighted by atomic mass is 10.1. The Labute approximate surface area is 148 Å². The summed E-state index contributed by atoms with van der Waals surface area (Å²) in [6.07, 6.45) is 3.84. The Hall–Kier alpha value is -2.86. The van der Waals surface area contributed by atoms with Gasteiger partial charge in [0, 0.05) is 23.1 Å². The maximum atomic E-state index is 12.3. The monoisotopic (exact) mass is 348 g/mol. The summed E-state index contributed by atoms with van der Waals surface area (Å²) in [6.45, 7) is 1.80. The molecule has 3 heterocycles. The number of pyridine rings is 1. The van der Waals surface area contributed by atoms with E-state index >= 15 is 0 Å². The van der Waals surface area contributed by atoms with Gasteiger partial charge in [0.1, 0.15) is 5.65 Å². The van der Waals surface area contributed by atoms with Crippen molar-refractivity contribution in [3.63, 3.8) is 0 Å². The molecule has 1 N–H and O–H groups in total. The average Bonchev–Trinajstić information content (AvgIpc) is 3.06. The van der Waals surface area contributed by atoms with E-state index in [0.29, 0.717) is 16.5 Å². The average molecular weight is 348 g/mol. The van der Waals surface area contributed by atoms with Gasteiger partial charge >= 0.3 is 0 Å². The second-order valence-electron chi connectivity index (χ2n) is 5.68. The fraction of sp³-hybridized carbons (Fsp3) is 0.105. The Morgan fingerprint density at radius 1 is 1.12 bits per heavy atom. The third-order valence-electron chi connectivity index (χ3n) is 4.03. The maximum absolute atomic E-state index is 12.3. The second kappa shape index (κ2) is 6.57. The van der Waals surface area contributed by atoms with Gasteiger partial charge in [-0.25, -0.2) is 9.97 Å². The number of H-pyrrole nitrogens is 1. The molecule has 0 saturated carbocycles. The lowest BCUT2D eigenvalue weighted by Crippen LogP contribution is -2.14. The van der Waals surface area contributed by atoms with E-state index in [1.54, 1.807) is 6.92 Å². The molecule has 5 nitrogen and oxygen atoms in total. The predicted molar refractivity (Wildman–Crippen MR) is 99.8 cm³/mol. The lowest BCUT2D eigenvalue weighted by Gasteiger charge is -2.07. The molecule has 3 aromatic heterocycles. The van der Waals surface area contributed by atoms with Gasteiger partial charge in [0.15, 0.2) is 5.16 Å². The molecule has 4 aromatic rings. The van der Waals surface area contributed by atoms with Crippen molar-refractivity contribution in [1.82, 2.24) is 19.4 Å². The molecule has 0 amide bonds. The van der Waals surface area contributed by atoms with Gasteiger partial charge in [0.25, 0.3) is 5.56 Å². The number of benzene rings is 1. The molecule has 4 rings (SSSR count). The molecular formula is C19H16N4OS. The van der Waals surface area contributed by atoms with Crippen molar-refractivity contribution in [2.45, 2.75) is 17.8 Å². The molecule has 0 aliphatic rings. The molecule has 25 heavy (non-hydrogen) atoms. The molecule has 0 spiro atoms. The fourth-order valence-corrected chi connectivity index (χ4v) is 3.51. The van der Waals surface area contributed by atoms with Crippen LogP contribution in [0.15, 0.2) is 70.9 Å². The summed E-state index contributed by atoms with van der Waals surface area (Å²) in [5.41, 5.74) is 4.17. The van der Waals surface area contributed by atoms with Crippen LogP contribution in [0.25, 0.3) is 16.9 Å². The van der Waals surface area contributed by atoms with Crippen LogP contribution in [0.4, 0.5) is 0 Å². The number of hydrogen-bond acceptors (Lipinski definition) is 4. The Morgan fingerprint density at radius 3 is 2.76 bits per heavy atom. The minimum Gasteiger partial charge on any atom is -0.303 e. The van der Waals surface area contributed by atoms with Crippen LogP contribution >= 0.6 is 11.8 Å². The Balaban J connectivity index is 1.65. The zero-order valence-corrected chi connectivity index (χ0v) is 14.5. The van der Waals surface area contributed by atoms with Crippen molar-refractivity contribution >= 4 is 17.4 Å². The van der Waals surface area contributed by atoms with Crippen LogP contribution in [-0.2, 0) is 5.75 Å². The highest BCUT2D eigenvalue weighted by atomic mass is 32.2. The summed E-state index contributed by atoms with van der Waals surface area (Å²) in [4.78, 5) is 24.2. The summed E-state index contributed by atoms with van der Waals surface area (Å²) in [5.74, 6) is 0.672. The summed E-state index contributed by atoms with van der Waals surface area (Å²) in [6, 6.07) is 15.7. The first-order chi connectivity index (χ1) is 12.2. The standard InChI is InChI=1S/C19H16N4OS/c1-13-17(14-7-3-2-4-8-14)21-19(22-18(13)24)25-12-15-11-20-16-9-5-6-10-23(15)16/h2-11H,12H2,1H3,(H,21,22,24). The van der Waals surface area contributed by atoms with Crippen LogP contribution in [0.2, 0.25) is 0 Å². The van der Waals surface area contributed by atoms with Gasteiger partial charge in [-0.2, -0.15) is 0 Å². The van der Waals surface area contributed by atoms with E-state index in [0.717, 1.165) is 22.6 Å². The van der Waals surface area contributed by atoms with Crippen molar-refractivity contribution in [1.29, 1.82) is 0 Å². The van der Waals surface area contributed by atoms with Crippen molar-refractivity contribution in [3.05, 3.63) is 82.5 Å². The summed E-state index contributed by atoms with van der Waals surface area (Å²) < 4.78 is 2.04. The first kappa shape index (κ1) is 15.7. The maximum Gasteiger partial charge on any atom is 0.255 e. The number of aromatic amines is 1. The first-order valence-corrected chi connectivity index (χ1v) is 8.91. The third-order valence-corrected chi connectivity index (χ3v) is 4.93. The number of imidazole rings is 1. The highest BCUT2D eigenvalue weighted by molar-refractivity contribution is 7.98. The Kier molecular flexibility index (Phi) is 4.11. The quantitative estimate of drug-likeness (QED) is 0.451. The Bertz CT molecular complexity index is 1090. The highest BCUT2D eigenvalue weighted by Crippen LogP contribution is 2.24. The zero-order valence-electron chi connectivity index (χ0n) is 13.6. The Morgan fingerprint density at radius 2 is 1.92 bits per heavy atom. The van der Waals surface area contributed by atoms with E-state index in [2.05, 4.69) is 15.0 Å². The van der Waals surface area contributed by atoms with Gasteiger partial charge in [-0.05, 0) is 19.1 Å². The van der Waals surface area contributed by atoms with Crippen LogP contribution in [0.3, 0.4) is 0 Å². The molecular weight excluding hydrogens is 332 g/mol. The van der Waals surface area contributed by atoms with Crippen LogP contribution in [0, 0.1) is 6.92 Å². The molecule has 0 unspecified atom stereocenters. The van der Waals surface area contributed by atoms with Crippen LogP contribution in [0.5, 0.6) is 0 Å². The molecule has 0 atom stereocenters. The molecule has 0 aliphatic heterocycles. The number of nitrogens with one attached hydrogen (secondary N) is 1. The molecule has 0 radical (unpaired) electrons. The summed E-state index contributed by atoms with van der Waals surface area (Å²) in [5, 5.41) is 0.611. The summed E-state index contributed by atoms with van der Waals surface area (Å²) in [7, 11) is 0. The molecule has 0 bridgehead atoms. The smallest absolute Gasteiger partial charge is 0.255 e. The summed E-state index contributed by atoms with van der Waals surface area (Å²) >= 11 is 1.50. The minimum atomic E-state index is -0.102. The van der Waals surface area contributed by atoms with Gasteiger partial charge < -0.3 is 9.38 Å². The van der Waals surface area contributed by atoms with Gasteiger partial charge in [0.05, 0.1) is 17.6 Å². The first-order valence-electron chi connectivity index (χ1n) is 7.92. The fourth-order valence-electron chi connectivity index (χ4n) is 2.69. The van der Waals surface area contributed by atoms with E-state index < -0.39 is 0 Å². The molecule has 1 aromatic carbocycles. The topological polar surface area (TPSA) is 63.1 Å². The number of thioether (sulfide) groups is 1. The number of nitrogens with zero attached hydrogens (tertiary/aromatic N) is 3. The van der Waals surface area contributed by atoms with Crippen molar-refractivity contribution in [2.24, 2.45) is 0 Å². The number of aromatic nitrogens is 4. The van der Waals surface area contributed by atoms with E-state index in [4.69, 9.17) is 0 Å². The molecule has 0 aliphatic carbocycles. The van der Waals surface area contributed by atoms with Crippen molar-refractivity contribution < 1.29 is 0 Å².